The molecule has 3 aromatic heterocycles. The third kappa shape index (κ3) is 4.33. The minimum atomic E-state index is -0.547. The molecule has 1 amide bonds. The SMILES string of the molecule is CCCc1cc(C(C)NC=O)nnc1Cn1ccnc1-c1cccc(F)n1. The zero-order valence-electron chi connectivity index (χ0n) is 15.3. The molecule has 1 N–H and O–H groups in total. The van der Waals surface area contributed by atoms with E-state index in [-0.39, 0.29) is 6.04 Å². The molecule has 0 spiro atoms. The van der Waals surface area contributed by atoms with Crippen LogP contribution in [0.15, 0.2) is 36.7 Å². The highest BCUT2D eigenvalue weighted by Crippen LogP contribution is 2.19. The number of hydrogen-bond acceptors (Lipinski definition) is 5. The van der Waals surface area contributed by atoms with Crippen LogP contribution >= 0.6 is 0 Å². The molecule has 140 valence electrons. The summed E-state index contributed by atoms with van der Waals surface area (Å²) in [4.78, 5) is 18.9. The average molecular weight is 368 g/mol. The first kappa shape index (κ1) is 18.6. The van der Waals surface area contributed by atoms with E-state index in [1.807, 2.05) is 23.8 Å². The first-order valence-electron chi connectivity index (χ1n) is 8.81. The Kier molecular flexibility index (Phi) is 5.85. The summed E-state index contributed by atoms with van der Waals surface area (Å²) < 4.78 is 15.3. The van der Waals surface area contributed by atoms with Crippen molar-refractivity contribution < 1.29 is 9.18 Å². The van der Waals surface area contributed by atoms with Gasteiger partial charge in [0.15, 0.2) is 5.82 Å². The number of carbonyl (C=O) groups excluding carboxylic acids is 1. The van der Waals surface area contributed by atoms with Crippen LogP contribution in [-0.2, 0) is 17.8 Å². The molecule has 0 saturated carbocycles. The fourth-order valence-electron chi connectivity index (χ4n) is 2.86. The summed E-state index contributed by atoms with van der Waals surface area (Å²) >= 11 is 0. The Morgan fingerprint density at radius 2 is 2.19 bits per heavy atom. The summed E-state index contributed by atoms with van der Waals surface area (Å²) in [5.41, 5.74) is 3.06. The molecular formula is C19H21FN6O. The predicted molar refractivity (Wildman–Crippen MR) is 98.2 cm³/mol. The summed E-state index contributed by atoms with van der Waals surface area (Å²) in [5.74, 6) is 0.0216. The lowest BCUT2D eigenvalue weighted by Crippen LogP contribution is -2.19. The second-order valence-corrected chi connectivity index (χ2v) is 6.22. The summed E-state index contributed by atoms with van der Waals surface area (Å²) in [5, 5.41) is 11.3. The highest BCUT2D eigenvalue weighted by Gasteiger charge is 2.14. The highest BCUT2D eigenvalue weighted by atomic mass is 19.1. The maximum absolute atomic E-state index is 13.5. The molecule has 0 radical (unpaired) electrons. The molecule has 0 aliphatic carbocycles. The lowest BCUT2D eigenvalue weighted by atomic mass is 10.1. The van der Waals surface area contributed by atoms with Gasteiger partial charge in [-0.25, -0.2) is 9.97 Å². The van der Waals surface area contributed by atoms with E-state index in [0.717, 1.165) is 24.1 Å². The fourth-order valence-corrected chi connectivity index (χ4v) is 2.86. The van der Waals surface area contributed by atoms with Gasteiger partial charge >= 0.3 is 0 Å². The number of hydrogen-bond donors (Lipinski definition) is 1. The van der Waals surface area contributed by atoms with E-state index in [1.165, 1.54) is 6.07 Å². The monoisotopic (exact) mass is 368 g/mol. The van der Waals surface area contributed by atoms with Gasteiger partial charge in [0.25, 0.3) is 0 Å². The Balaban J connectivity index is 1.92. The Hall–Kier alpha value is -3.16. The van der Waals surface area contributed by atoms with E-state index in [4.69, 9.17) is 0 Å². The molecule has 0 saturated heterocycles. The van der Waals surface area contributed by atoms with Gasteiger partial charge in [-0.1, -0.05) is 19.4 Å². The second-order valence-electron chi connectivity index (χ2n) is 6.22. The van der Waals surface area contributed by atoms with E-state index in [1.54, 1.807) is 18.3 Å². The summed E-state index contributed by atoms with van der Waals surface area (Å²) in [6.07, 6.45) is 5.91. The van der Waals surface area contributed by atoms with E-state index < -0.39 is 5.95 Å². The number of amides is 1. The van der Waals surface area contributed by atoms with Crippen molar-refractivity contribution in [1.82, 2.24) is 30.0 Å². The molecule has 0 aliphatic rings. The number of pyridine rings is 1. The minimum Gasteiger partial charge on any atom is -0.351 e. The van der Waals surface area contributed by atoms with Crippen molar-refractivity contribution in [2.24, 2.45) is 0 Å². The zero-order valence-corrected chi connectivity index (χ0v) is 15.3. The van der Waals surface area contributed by atoms with Gasteiger partial charge in [-0.15, -0.1) is 0 Å². The van der Waals surface area contributed by atoms with E-state index in [0.29, 0.717) is 30.2 Å². The molecule has 1 atom stereocenters. The molecule has 0 aliphatic heterocycles. The largest absolute Gasteiger partial charge is 0.351 e. The fraction of sp³-hybridized carbons (Fsp3) is 0.316. The lowest BCUT2D eigenvalue weighted by molar-refractivity contribution is -0.110. The Bertz CT molecular complexity index is 926. The molecular weight excluding hydrogens is 347 g/mol. The molecule has 0 aromatic carbocycles. The first-order chi connectivity index (χ1) is 13.1. The summed E-state index contributed by atoms with van der Waals surface area (Å²) in [6, 6.07) is 6.39. The Morgan fingerprint density at radius 1 is 1.33 bits per heavy atom. The molecule has 8 heteroatoms. The number of carbonyl (C=O) groups is 1. The number of rotatable bonds is 8. The van der Waals surface area contributed by atoms with Crippen molar-refractivity contribution in [2.75, 3.05) is 0 Å². The summed E-state index contributed by atoms with van der Waals surface area (Å²) in [6.45, 7) is 4.40. The molecule has 3 heterocycles. The molecule has 3 aromatic rings. The van der Waals surface area contributed by atoms with Crippen molar-refractivity contribution in [2.45, 2.75) is 39.3 Å². The number of aryl methyl sites for hydroxylation is 1. The number of imidazole rings is 1. The molecule has 0 bridgehead atoms. The average Bonchev–Trinajstić information content (AvgIpc) is 3.12. The van der Waals surface area contributed by atoms with Crippen molar-refractivity contribution in [3.8, 4) is 11.5 Å². The smallest absolute Gasteiger partial charge is 0.213 e. The summed E-state index contributed by atoms with van der Waals surface area (Å²) in [7, 11) is 0. The van der Waals surface area contributed by atoms with Gasteiger partial charge in [-0.3, -0.25) is 4.79 Å². The van der Waals surface area contributed by atoms with Crippen LogP contribution in [0.5, 0.6) is 0 Å². The normalized spacial score (nSPS) is 12.0. The van der Waals surface area contributed by atoms with Gasteiger partial charge in [-0.05, 0) is 37.1 Å². The van der Waals surface area contributed by atoms with Crippen molar-refractivity contribution in [1.29, 1.82) is 0 Å². The molecule has 27 heavy (non-hydrogen) atoms. The number of aromatic nitrogens is 5. The van der Waals surface area contributed by atoms with Crippen LogP contribution in [0.1, 0.15) is 43.3 Å². The van der Waals surface area contributed by atoms with Crippen LogP contribution in [0.4, 0.5) is 4.39 Å². The Morgan fingerprint density at radius 3 is 2.93 bits per heavy atom. The van der Waals surface area contributed by atoms with E-state index in [2.05, 4.69) is 32.4 Å². The van der Waals surface area contributed by atoms with Crippen molar-refractivity contribution >= 4 is 6.41 Å². The van der Waals surface area contributed by atoms with Gasteiger partial charge in [0.1, 0.15) is 5.69 Å². The molecule has 7 nitrogen and oxygen atoms in total. The third-order valence-corrected chi connectivity index (χ3v) is 4.24. The second kappa shape index (κ2) is 8.48. The van der Waals surface area contributed by atoms with Gasteiger partial charge < -0.3 is 9.88 Å². The van der Waals surface area contributed by atoms with Gasteiger partial charge in [0.05, 0.1) is 24.0 Å². The number of nitrogens with one attached hydrogen (secondary N) is 1. The van der Waals surface area contributed by atoms with E-state index in [9.17, 15) is 9.18 Å². The van der Waals surface area contributed by atoms with Crippen molar-refractivity contribution in [3.63, 3.8) is 0 Å². The maximum atomic E-state index is 13.5. The van der Waals surface area contributed by atoms with Crippen LogP contribution in [0.3, 0.4) is 0 Å². The van der Waals surface area contributed by atoms with Crippen molar-refractivity contribution in [3.05, 3.63) is 59.6 Å². The number of halogens is 1. The van der Waals surface area contributed by atoms with Gasteiger partial charge in [0.2, 0.25) is 12.4 Å². The third-order valence-electron chi connectivity index (χ3n) is 4.24. The van der Waals surface area contributed by atoms with Crippen LogP contribution in [0, 0.1) is 5.95 Å². The minimum absolute atomic E-state index is 0.208. The van der Waals surface area contributed by atoms with Crippen LogP contribution < -0.4 is 5.32 Å². The molecule has 0 fully saturated rings. The first-order valence-corrected chi connectivity index (χ1v) is 8.81. The maximum Gasteiger partial charge on any atom is 0.213 e. The highest BCUT2D eigenvalue weighted by molar-refractivity contribution is 5.49. The lowest BCUT2D eigenvalue weighted by Gasteiger charge is -2.14. The van der Waals surface area contributed by atoms with Gasteiger partial charge in [-0.2, -0.15) is 14.6 Å². The van der Waals surface area contributed by atoms with Crippen LogP contribution in [0.2, 0.25) is 0 Å². The van der Waals surface area contributed by atoms with Crippen LogP contribution in [-0.4, -0.2) is 31.1 Å². The zero-order chi connectivity index (χ0) is 19.2. The topological polar surface area (TPSA) is 85.6 Å². The Labute approximate surface area is 156 Å². The molecule has 1 unspecified atom stereocenters. The number of nitrogens with zero attached hydrogens (tertiary/aromatic N) is 5. The predicted octanol–water partition coefficient (Wildman–Crippen LogP) is 2.68. The van der Waals surface area contributed by atoms with E-state index >= 15 is 0 Å². The van der Waals surface area contributed by atoms with Crippen LogP contribution in [0.25, 0.3) is 11.5 Å². The molecule has 3 rings (SSSR count). The van der Waals surface area contributed by atoms with Gasteiger partial charge in [0, 0.05) is 12.4 Å². The quantitative estimate of drug-likeness (QED) is 0.488. The standard InChI is InChI=1S/C19H21FN6O/c1-3-5-14-10-16(13(2)22-12-27)24-25-17(14)11-26-9-8-21-19(26)15-6-4-7-18(20)23-15/h4,6-10,12-13H,3,5,11H2,1-2H3,(H,22,27).